The number of carbonyl (C=O) groups is 2. The number of hydrogen-bond acceptors (Lipinski definition) is 3. The van der Waals surface area contributed by atoms with Crippen LogP contribution in [-0.2, 0) is 9.59 Å². The number of para-hydroxylation sites is 1. The largest absolute Gasteiger partial charge is 0.319 e. The lowest BCUT2D eigenvalue weighted by atomic mass is 9.91. The number of allylic oxidation sites excluding steroid dienone is 2. The van der Waals surface area contributed by atoms with Gasteiger partial charge in [-0.05, 0) is 31.2 Å². The van der Waals surface area contributed by atoms with Crippen LogP contribution in [0, 0.1) is 11.6 Å². The van der Waals surface area contributed by atoms with Crippen LogP contribution in [-0.4, -0.2) is 28.1 Å². The lowest BCUT2D eigenvalue weighted by Crippen LogP contribution is -2.58. The van der Waals surface area contributed by atoms with Gasteiger partial charge in [-0.1, -0.05) is 12.1 Å². The third-order valence-corrected chi connectivity index (χ3v) is 3.80. The normalized spacial score (nSPS) is 22.7. The number of amides is 2. The molecule has 0 bridgehead atoms. The Hall–Kier alpha value is -2.83. The van der Waals surface area contributed by atoms with Crippen molar-refractivity contribution in [2.75, 3.05) is 5.32 Å². The molecule has 1 aromatic rings. The second-order valence-electron chi connectivity index (χ2n) is 5.44. The van der Waals surface area contributed by atoms with Crippen LogP contribution in [0.15, 0.2) is 47.6 Å². The highest BCUT2D eigenvalue weighted by Gasteiger charge is 2.45. The number of halogens is 2. The van der Waals surface area contributed by atoms with Crippen molar-refractivity contribution in [1.29, 1.82) is 0 Å². The molecule has 118 valence electrons. The van der Waals surface area contributed by atoms with Gasteiger partial charge in [0.2, 0.25) is 0 Å². The van der Waals surface area contributed by atoms with Crippen LogP contribution in [0.25, 0.3) is 0 Å². The molecule has 1 atom stereocenters. The fourth-order valence-corrected chi connectivity index (χ4v) is 2.54. The van der Waals surface area contributed by atoms with E-state index in [0.717, 1.165) is 12.1 Å². The number of amidine groups is 1. The summed E-state index contributed by atoms with van der Waals surface area (Å²) in [6, 6.07) is 3.29. The van der Waals surface area contributed by atoms with Gasteiger partial charge in [0.25, 0.3) is 11.8 Å². The smallest absolute Gasteiger partial charge is 0.251 e. The SMILES string of the molecule is CC1(C(=O)Nc2c(F)cccc2F)CC(=O)N=C2C=CC=CN21. The molecule has 7 heteroatoms. The minimum atomic E-state index is -1.33. The molecule has 0 fully saturated rings. The summed E-state index contributed by atoms with van der Waals surface area (Å²) in [4.78, 5) is 29.8. The number of fused-ring (bicyclic) bond motifs is 1. The van der Waals surface area contributed by atoms with E-state index in [9.17, 15) is 18.4 Å². The van der Waals surface area contributed by atoms with E-state index in [2.05, 4.69) is 10.3 Å². The molecule has 0 aliphatic carbocycles. The van der Waals surface area contributed by atoms with Crippen molar-refractivity contribution in [2.24, 2.45) is 4.99 Å². The van der Waals surface area contributed by atoms with Gasteiger partial charge in [-0.3, -0.25) is 9.59 Å². The van der Waals surface area contributed by atoms with E-state index < -0.39 is 34.7 Å². The first-order valence-electron chi connectivity index (χ1n) is 6.93. The summed E-state index contributed by atoms with van der Waals surface area (Å²) in [6.45, 7) is 1.52. The van der Waals surface area contributed by atoms with Crippen molar-refractivity contribution in [3.63, 3.8) is 0 Å². The maximum Gasteiger partial charge on any atom is 0.251 e. The lowest BCUT2D eigenvalue weighted by Gasteiger charge is -2.41. The van der Waals surface area contributed by atoms with Crippen LogP contribution in [0.5, 0.6) is 0 Å². The van der Waals surface area contributed by atoms with E-state index in [1.165, 1.54) is 17.9 Å². The summed E-state index contributed by atoms with van der Waals surface area (Å²) in [5, 5.41) is 2.25. The van der Waals surface area contributed by atoms with Gasteiger partial charge in [0.15, 0.2) is 0 Å². The zero-order chi connectivity index (χ0) is 16.6. The standard InChI is InChI=1S/C16H13F2N3O2/c1-16(9-13(22)19-12-7-2-3-8-21(12)16)15(23)20-14-10(17)5-4-6-11(14)18/h2-8H,9H2,1H3,(H,20,23). The first-order valence-corrected chi connectivity index (χ1v) is 6.93. The fraction of sp³-hybridized carbons (Fsp3) is 0.188. The number of rotatable bonds is 2. The molecular formula is C16H13F2N3O2. The summed E-state index contributed by atoms with van der Waals surface area (Å²) < 4.78 is 27.5. The first kappa shape index (κ1) is 15.1. The quantitative estimate of drug-likeness (QED) is 0.911. The highest BCUT2D eigenvalue weighted by atomic mass is 19.1. The maximum absolute atomic E-state index is 13.7. The molecule has 2 aliphatic heterocycles. The summed E-state index contributed by atoms with van der Waals surface area (Å²) >= 11 is 0. The number of nitrogens with zero attached hydrogens (tertiary/aromatic N) is 2. The zero-order valence-corrected chi connectivity index (χ0v) is 12.2. The molecule has 2 aliphatic rings. The van der Waals surface area contributed by atoms with Gasteiger partial charge in [-0.15, -0.1) is 0 Å². The second-order valence-corrected chi connectivity index (χ2v) is 5.44. The predicted molar refractivity (Wildman–Crippen MR) is 80.6 cm³/mol. The van der Waals surface area contributed by atoms with Gasteiger partial charge >= 0.3 is 0 Å². The Bertz CT molecular complexity index is 765. The molecule has 0 saturated carbocycles. The predicted octanol–water partition coefficient (Wildman–Crippen LogP) is 2.38. The summed E-state index contributed by atoms with van der Waals surface area (Å²) in [5.74, 6) is -2.61. The molecule has 23 heavy (non-hydrogen) atoms. The van der Waals surface area contributed by atoms with Crippen LogP contribution >= 0.6 is 0 Å². The van der Waals surface area contributed by atoms with Crippen LogP contribution in [0.3, 0.4) is 0 Å². The van der Waals surface area contributed by atoms with Gasteiger partial charge in [0.1, 0.15) is 28.7 Å². The second kappa shape index (κ2) is 5.42. The van der Waals surface area contributed by atoms with Crippen LogP contribution in [0.1, 0.15) is 13.3 Å². The average molecular weight is 317 g/mol. The average Bonchev–Trinajstić information content (AvgIpc) is 2.50. The molecule has 1 aromatic carbocycles. The van der Waals surface area contributed by atoms with Crippen molar-refractivity contribution in [2.45, 2.75) is 18.9 Å². The number of aliphatic imine (C=N–C) groups is 1. The summed E-state index contributed by atoms with van der Waals surface area (Å²) in [6.07, 6.45) is 6.36. The fourth-order valence-electron chi connectivity index (χ4n) is 2.54. The number of nitrogens with one attached hydrogen (secondary N) is 1. The molecule has 0 aromatic heterocycles. The molecule has 0 spiro atoms. The first-order chi connectivity index (χ1) is 10.9. The molecule has 2 heterocycles. The third kappa shape index (κ3) is 2.54. The Morgan fingerprint density at radius 1 is 1.30 bits per heavy atom. The highest BCUT2D eigenvalue weighted by Crippen LogP contribution is 2.30. The van der Waals surface area contributed by atoms with E-state index in [0.29, 0.717) is 5.84 Å². The van der Waals surface area contributed by atoms with Crippen molar-refractivity contribution < 1.29 is 18.4 Å². The Morgan fingerprint density at radius 2 is 2.00 bits per heavy atom. The van der Waals surface area contributed by atoms with Gasteiger partial charge < -0.3 is 10.2 Å². The van der Waals surface area contributed by atoms with E-state index in [-0.39, 0.29) is 6.42 Å². The van der Waals surface area contributed by atoms with E-state index in [1.807, 2.05) is 0 Å². The molecule has 1 unspecified atom stereocenters. The third-order valence-electron chi connectivity index (χ3n) is 3.80. The summed E-state index contributed by atoms with van der Waals surface area (Å²) in [7, 11) is 0. The number of carbonyl (C=O) groups excluding carboxylic acids is 2. The molecule has 1 N–H and O–H groups in total. The lowest BCUT2D eigenvalue weighted by molar-refractivity contribution is -0.130. The molecule has 0 radical (unpaired) electrons. The maximum atomic E-state index is 13.7. The van der Waals surface area contributed by atoms with Crippen molar-refractivity contribution in [3.05, 3.63) is 54.3 Å². The number of benzene rings is 1. The Morgan fingerprint density at radius 3 is 2.70 bits per heavy atom. The monoisotopic (exact) mass is 317 g/mol. The van der Waals surface area contributed by atoms with Crippen LogP contribution in [0.2, 0.25) is 0 Å². The van der Waals surface area contributed by atoms with Crippen LogP contribution < -0.4 is 5.32 Å². The minimum absolute atomic E-state index is 0.198. The van der Waals surface area contributed by atoms with Gasteiger partial charge in [-0.2, -0.15) is 4.99 Å². The molecule has 2 amide bonds. The van der Waals surface area contributed by atoms with Gasteiger partial charge in [0, 0.05) is 6.20 Å². The Labute approximate surface area is 131 Å². The molecule has 0 saturated heterocycles. The van der Waals surface area contributed by atoms with Gasteiger partial charge in [-0.25, -0.2) is 8.78 Å². The van der Waals surface area contributed by atoms with E-state index in [1.54, 1.807) is 24.4 Å². The molecular weight excluding hydrogens is 304 g/mol. The highest BCUT2D eigenvalue weighted by molar-refractivity contribution is 6.11. The van der Waals surface area contributed by atoms with Crippen LogP contribution in [0.4, 0.5) is 14.5 Å². The zero-order valence-electron chi connectivity index (χ0n) is 12.2. The van der Waals surface area contributed by atoms with Crippen molar-refractivity contribution in [3.8, 4) is 0 Å². The van der Waals surface area contributed by atoms with E-state index in [4.69, 9.17) is 0 Å². The minimum Gasteiger partial charge on any atom is -0.319 e. The molecule has 5 nitrogen and oxygen atoms in total. The topological polar surface area (TPSA) is 61.8 Å². The van der Waals surface area contributed by atoms with Crippen molar-refractivity contribution in [1.82, 2.24) is 4.90 Å². The Balaban J connectivity index is 1.95. The number of anilines is 1. The number of hydrogen-bond donors (Lipinski definition) is 1. The van der Waals surface area contributed by atoms with Crippen molar-refractivity contribution >= 4 is 23.3 Å². The summed E-state index contributed by atoms with van der Waals surface area (Å²) in [5.41, 5.74) is -1.86. The van der Waals surface area contributed by atoms with Gasteiger partial charge in [0.05, 0.1) is 6.42 Å². The molecule has 3 rings (SSSR count). The Kier molecular flexibility index (Phi) is 3.55. The van der Waals surface area contributed by atoms with E-state index >= 15 is 0 Å².